The molecule has 0 aliphatic heterocycles. The number of halogens is 1. The second-order valence-electron chi connectivity index (χ2n) is 5.91. The standard InChI is InChI=1S/C18H18ClNO2S/c1-12-4-5-13-6-7-14-8-9-15(23(21,22)20(2)3)11-17(14)18(19)16(13)10-12/h4-11,18H,1-3H3. The lowest BCUT2D eigenvalue weighted by Gasteiger charge is -2.17. The molecule has 0 spiro atoms. The van der Waals surface area contributed by atoms with Crippen molar-refractivity contribution in [2.45, 2.75) is 17.2 Å². The first-order chi connectivity index (χ1) is 10.8. The minimum absolute atomic E-state index is 0.261. The van der Waals surface area contributed by atoms with Crippen LogP contribution in [-0.2, 0) is 10.0 Å². The summed E-state index contributed by atoms with van der Waals surface area (Å²) in [5.41, 5.74) is 4.94. The van der Waals surface area contributed by atoms with E-state index < -0.39 is 10.0 Å². The van der Waals surface area contributed by atoms with Crippen LogP contribution in [0.15, 0.2) is 41.3 Å². The predicted octanol–water partition coefficient (Wildman–Crippen LogP) is 4.06. The summed E-state index contributed by atoms with van der Waals surface area (Å²) >= 11 is 6.71. The van der Waals surface area contributed by atoms with Gasteiger partial charge in [-0.15, -0.1) is 11.6 Å². The fourth-order valence-electron chi connectivity index (χ4n) is 2.71. The number of nitrogens with zero attached hydrogens (tertiary/aromatic N) is 1. The highest BCUT2D eigenvalue weighted by Gasteiger charge is 2.24. The molecule has 0 amide bonds. The van der Waals surface area contributed by atoms with Gasteiger partial charge < -0.3 is 0 Å². The molecule has 0 radical (unpaired) electrons. The maximum Gasteiger partial charge on any atom is 0.242 e. The van der Waals surface area contributed by atoms with Crippen LogP contribution in [0.2, 0.25) is 0 Å². The van der Waals surface area contributed by atoms with E-state index in [1.807, 2.05) is 37.3 Å². The largest absolute Gasteiger partial charge is 0.242 e. The molecule has 0 aromatic heterocycles. The minimum atomic E-state index is -3.48. The Hall–Kier alpha value is -1.62. The molecule has 0 saturated carbocycles. The summed E-state index contributed by atoms with van der Waals surface area (Å²) in [6.45, 7) is 2.02. The maximum atomic E-state index is 12.4. The van der Waals surface area contributed by atoms with E-state index in [9.17, 15) is 8.42 Å². The molecule has 2 aromatic rings. The maximum absolute atomic E-state index is 12.4. The molecule has 0 saturated heterocycles. The molecule has 0 bridgehead atoms. The number of alkyl halides is 1. The Morgan fingerprint density at radius 1 is 0.957 bits per heavy atom. The Balaban J connectivity index is 2.19. The number of benzene rings is 2. The Bertz CT molecular complexity index is 901. The van der Waals surface area contributed by atoms with E-state index >= 15 is 0 Å². The number of hydrogen-bond acceptors (Lipinski definition) is 2. The first kappa shape index (κ1) is 16.2. The van der Waals surface area contributed by atoms with Crippen LogP contribution in [-0.4, -0.2) is 26.8 Å². The zero-order valence-electron chi connectivity index (χ0n) is 13.2. The normalized spacial score (nSPS) is 16.8. The summed E-state index contributed by atoms with van der Waals surface area (Å²) in [6.07, 6.45) is 4.01. The Morgan fingerprint density at radius 2 is 1.52 bits per heavy atom. The molecule has 1 aliphatic rings. The van der Waals surface area contributed by atoms with E-state index in [2.05, 4.69) is 6.07 Å². The summed E-state index contributed by atoms with van der Waals surface area (Å²) in [4.78, 5) is 0.261. The lowest BCUT2D eigenvalue weighted by molar-refractivity contribution is 0.520. The van der Waals surface area contributed by atoms with E-state index in [1.165, 1.54) is 18.4 Å². The van der Waals surface area contributed by atoms with Crippen LogP contribution < -0.4 is 0 Å². The minimum Gasteiger partial charge on any atom is -0.207 e. The molecule has 1 aliphatic carbocycles. The highest BCUT2D eigenvalue weighted by atomic mass is 35.5. The highest BCUT2D eigenvalue weighted by molar-refractivity contribution is 7.89. The molecule has 23 heavy (non-hydrogen) atoms. The molecule has 3 rings (SSSR count). The molecule has 1 atom stereocenters. The summed E-state index contributed by atoms with van der Waals surface area (Å²) < 4.78 is 26.0. The van der Waals surface area contributed by atoms with Crippen LogP contribution in [0, 0.1) is 6.92 Å². The van der Waals surface area contributed by atoms with Gasteiger partial charge in [-0.1, -0.05) is 42.0 Å². The number of hydrogen-bond donors (Lipinski definition) is 0. The van der Waals surface area contributed by atoms with Crippen LogP contribution in [0.3, 0.4) is 0 Å². The third-order valence-corrected chi connectivity index (χ3v) is 6.35. The Morgan fingerprint density at radius 3 is 2.13 bits per heavy atom. The monoisotopic (exact) mass is 347 g/mol. The van der Waals surface area contributed by atoms with Gasteiger partial charge in [-0.2, -0.15) is 0 Å². The van der Waals surface area contributed by atoms with Crippen molar-refractivity contribution in [2.24, 2.45) is 0 Å². The van der Waals surface area contributed by atoms with E-state index in [0.29, 0.717) is 0 Å². The van der Waals surface area contributed by atoms with E-state index in [1.54, 1.807) is 12.1 Å². The van der Waals surface area contributed by atoms with Gasteiger partial charge in [-0.3, -0.25) is 0 Å². The molecule has 1 unspecified atom stereocenters. The van der Waals surface area contributed by atoms with Crippen molar-refractivity contribution in [3.63, 3.8) is 0 Å². The topological polar surface area (TPSA) is 37.4 Å². The van der Waals surface area contributed by atoms with Gasteiger partial charge >= 0.3 is 0 Å². The highest BCUT2D eigenvalue weighted by Crippen LogP contribution is 2.38. The molecular formula is C18H18ClNO2S. The molecule has 0 heterocycles. The zero-order valence-corrected chi connectivity index (χ0v) is 14.8. The first-order valence-electron chi connectivity index (χ1n) is 7.30. The SMILES string of the molecule is Cc1ccc2c(c1)C(Cl)c1cc(S(=O)(=O)N(C)C)ccc1C=C2. The van der Waals surface area contributed by atoms with Crippen molar-refractivity contribution >= 4 is 33.8 Å². The lowest BCUT2D eigenvalue weighted by atomic mass is 9.98. The molecule has 0 fully saturated rings. The Kier molecular flexibility index (Phi) is 4.08. The second-order valence-corrected chi connectivity index (χ2v) is 8.49. The fraction of sp³-hybridized carbons (Fsp3) is 0.222. The number of sulfonamides is 1. The van der Waals surface area contributed by atoms with Crippen LogP contribution >= 0.6 is 11.6 Å². The van der Waals surface area contributed by atoms with Crippen molar-refractivity contribution < 1.29 is 8.42 Å². The molecular weight excluding hydrogens is 330 g/mol. The van der Waals surface area contributed by atoms with Gasteiger partial charge in [0.2, 0.25) is 10.0 Å². The molecule has 5 heteroatoms. The summed E-state index contributed by atoms with van der Waals surface area (Å²) in [5.74, 6) is 0. The van der Waals surface area contributed by atoms with Crippen LogP contribution in [0.25, 0.3) is 12.2 Å². The third kappa shape index (κ3) is 2.82. The van der Waals surface area contributed by atoms with Crippen molar-refractivity contribution in [1.29, 1.82) is 0 Å². The van der Waals surface area contributed by atoms with E-state index in [-0.39, 0.29) is 10.3 Å². The number of aryl methyl sites for hydroxylation is 1. The average Bonchev–Trinajstić information content (AvgIpc) is 2.65. The van der Waals surface area contributed by atoms with Crippen molar-refractivity contribution in [3.05, 3.63) is 64.2 Å². The smallest absolute Gasteiger partial charge is 0.207 e. The van der Waals surface area contributed by atoms with Gasteiger partial charge in [-0.05, 0) is 41.3 Å². The summed E-state index contributed by atoms with van der Waals surface area (Å²) in [7, 11) is -0.430. The van der Waals surface area contributed by atoms with Gasteiger partial charge in [0, 0.05) is 14.1 Å². The lowest BCUT2D eigenvalue weighted by Crippen LogP contribution is -2.22. The molecule has 0 N–H and O–H groups in total. The first-order valence-corrected chi connectivity index (χ1v) is 9.17. The number of rotatable bonds is 2. The summed E-state index contributed by atoms with van der Waals surface area (Å²) in [6, 6.07) is 11.3. The van der Waals surface area contributed by atoms with Crippen molar-refractivity contribution in [3.8, 4) is 0 Å². The molecule has 2 aromatic carbocycles. The fourth-order valence-corrected chi connectivity index (χ4v) is 4.02. The molecule has 120 valence electrons. The third-order valence-electron chi connectivity index (χ3n) is 4.07. The van der Waals surface area contributed by atoms with Crippen LogP contribution in [0.1, 0.15) is 33.2 Å². The van der Waals surface area contributed by atoms with Crippen molar-refractivity contribution in [2.75, 3.05) is 14.1 Å². The predicted molar refractivity (Wildman–Crippen MR) is 95.1 cm³/mol. The van der Waals surface area contributed by atoms with Crippen LogP contribution in [0.5, 0.6) is 0 Å². The number of fused-ring (bicyclic) bond motifs is 2. The van der Waals surface area contributed by atoms with Gasteiger partial charge in [0.15, 0.2) is 0 Å². The van der Waals surface area contributed by atoms with Gasteiger partial charge in [0.1, 0.15) is 0 Å². The summed E-state index contributed by atoms with van der Waals surface area (Å²) in [5, 5.41) is -0.382. The van der Waals surface area contributed by atoms with E-state index in [0.717, 1.165) is 27.8 Å². The van der Waals surface area contributed by atoms with Gasteiger partial charge in [0.25, 0.3) is 0 Å². The van der Waals surface area contributed by atoms with Gasteiger partial charge in [0.05, 0.1) is 10.3 Å². The quantitative estimate of drug-likeness (QED) is 0.768. The average molecular weight is 348 g/mol. The van der Waals surface area contributed by atoms with Gasteiger partial charge in [-0.25, -0.2) is 12.7 Å². The van der Waals surface area contributed by atoms with E-state index in [4.69, 9.17) is 11.6 Å². The second kappa shape index (κ2) is 5.78. The Labute approximate surface area is 142 Å². The van der Waals surface area contributed by atoms with Crippen LogP contribution in [0.4, 0.5) is 0 Å². The zero-order chi connectivity index (χ0) is 16.8. The van der Waals surface area contributed by atoms with Crippen molar-refractivity contribution in [1.82, 2.24) is 4.31 Å². The molecule has 3 nitrogen and oxygen atoms in total.